The minimum Gasteiger partial charge on any atom is -0.508 e. The van der Waals surface area contributed by atoms with E-state index in [0.29, 0.717) is 5.75 Å². The Balaban J connectivity index is 2.54. The molecule has 1 aliphatic heterocycles. The van der Waals surface area contributed by atoms with Crippen LogP contribution in [-0.2, 0) is 0 Å². The molecule has 0 bridgehead atoms. The van der Waals surface area contributed by atoms with E-state index >= 15 is 0 Å². The largest absolute Gasteiger partial charge is 0.508 e. The molecule has 0 aliphatic carbocycles. The molecule has 1 atom stereocenters. The molecule has 0 saturated carbocycles. The zero-order valence-electron chi connectivity index (χ0n) is 13.8. The summed E-state index contributed by atoms with van der Waals surface area (Å²) in [5.74, 6) is 0.423. The lowest BCUT2D eigenvalue weighted by Crippen LogP contribution is -2.48. The zero-order valence-corrected chi connectivity index (χ0v) is 15.3. The fraction of sp³-hybridized carbons (Fsp3) is 0.647. The van der Waals surface area contributed by atoms with E-state index < -0.39 is 0 Å². The van der Waals surface area contributed by atoms with E-state index in [1.807, 2.05) is 13.0 Å². The van der Waals surface area contributed by atoms with Crippen molar-refractivity contribution in [1.82, 2.24) is 10.2 Å². The molecule has 1 heterocycles. The van der Waals surface area contributed by atoms with Crippen LogP contribution in [0.15, 0.2) is 10.5 Å². The van der Waals surface area contributed by atoms with Gasteiger partial charge in [-0.3, -0.25) is 4.90 Å². The lowest BCUT2D eigenvalue weighted by atomic mass is 9.78. The highest BCUT2D eigenvalue weighted by atomic mass is 79.9. The lowest BCUT2D eigenvalue weighted by molar-refractivity contribution is 0.0837. The summed E-state index contributed by atoms with van der Waals surface area (Å²) in [6, 6.07) is 2.10. The molecule has 118 valence electrons. The Morgan fingerprint density at radius 2 is 1.81 bits per heavy atom. The Labute approximate surface area is 136 Å². The fourth-order valence-electron chi connectivity index (χ4n) is 3.40. The smallest absolute Gasteiger partial charge is 0.120 e. The van der Waals surface area contributed by atoms with Gasteiger partial charge in [-0.25, -0.2) is 0 Å². The minimum atomic E-state index is 0.0638. The van der Waals surface area contributed by atoms with E-state index in [0.717, 1.165) is 47.3 Å². The maximum absolute atomic E-state index is 10.6. The summed E-state index contributed by atoms with van der Waals surface area (Å²) in [6.07, 6.45) is 0. The second-order valence-electron chi connectivity index (χ2n) is 7.12. The number of piperazine rings is 1. The third kappa shape index (κ3) is 3.43. The van der Waals surface area contributed by atoms with Crippen LogP contribution in [-0.4, -0.2) is 36.2 Å². The van der Waals surface area contributed by atoms with Crippen LogP contribution in [0.2, 0.25) is 0 Å². The second-order valence-corrected chi connectivity index (χ2v) is 7.91. The first kappa shape index (κ1) is 16.8. The predicted molar refractivity (Wildman–Crippen MR) is 91.9 cm³/mol. The Hall–Kier alpha value is -0.580. The number of hydrogen-bond donors (Lipinski definition) is 2. The minimum absolute atomic E-state index is 0.0638. The summed E-state index contributed by atoms with van der Waals surface area (Å²) in [5, 5.41) is 14.0. The second kappa shape index (κ2) is 6.27. The van der Waals surface area contributed by atoms with Gasteiger partial charge in [0.15, 0.2) is 0 Å². The van der Waals surface area contributed by atoms with Crippen LogP contribution in [0.4, 0.5) is 0 Å². The molecule has 1 aromatic carbocycles. The first-order valence-electron chi connectivity index (χ1n) is 7.67. The Kier molecular flexibility index (Phi) is 5.01. The van der Waals surface area contributed by atoms with Gasteiger partial charge in [-0.05, 0) is 36.5 Å². The van der Waals surface area contributed by atoms with Crippen molar-refractivity contribution >= 4 is 15.9 Å². The van der Waals surface area contributed by atoms with Gasteiger partial charge in [0.05, 0.1) is 0 Å². The summed E-state index contributed by atoms with van der Waals surface area (Å²) in [6.45, 7) is 15.0. The van der Waals surface area contributed by atoms with Crippen LogP contribution in [0.3, 0.4) is 0 Å². The number of hydrogen-bond acceptors (Lipinski definition) is 3. The van der Waals surface area contributed by atoms with Gasteiger partial charge < -0.3 is 10.4 Å². The highest BCUT2D eigenvalue weighted by molar-refractivity contribution is 9.10. The van der Waals surface area contributed by atoms with Crippen molar-refractivity contribution in [3.05, 3.63) is 27.2 Å². The molecular formula is C17H27BrN2O. The van der Waals surface area contributed by atoms with Crippen LogP contribution in [0.5, 0.6) is 5.75 Å². The van der Waals surface area contributed by atoms with E-state index in [-0.39, 0.29) is 11.5 Å². The molecule has 0 amide bonds. The maximum atomic E-state index is 10.6. The Morgan fingerprint density at radius 3 is 2.33 bits per heavy atom. The van der Waals surface area contributed by atoms with Crippen molar-refractivity contribution in [2.24, 2.45) is 5.41 Å². The van der Waals surface area contributed by atoms with Gasteiger partial charge in [-0.2, -0.15) is 0 Å². The van der Waals surface area contributed by atoms with Crippen LogP contribution in [0, 0.1) is 19.3 Å². The van der Waals surface area contributed by atoms with Gasteiger partial charge >= 0.3 is 0 Å². The normalized spacial score (nSPS) is 18.8. The van der Waals surface area contributed by atoms with Gasteiger partial charge in [0.1, 0.15) is 5.75 Å². The van der Waals surface area contributed by atoms with Crippen LogP contribution >= 0.6 is 15.9 Å². The lowest BCUT2D eigenvalue weighted by Gasteiger charge is -2.43. The van der Waals surface area contributed by atoms with E-state index in [1.165, 1.54) is 0 Å². The van der Waals surface area contributed by atoms with Gasteiger partial charge in [0, 0.05) is 42.3 Å². The standard InChI is InChI=1S/C17H27BrN2O/c1-11-10-13(21)14(12(2)15(11)18)16(17(3,4)5)20-8-6-19-7-9-20/h10,16,19,21H,6-9H2,1-5H3/t16-/m1/s1. The number of nitrogens with zero attached hydrogens (tertiary/aromatic N) is 1. The van der Waals surface area contributed by atoms with Gasteiger partial charge in [0.2, 0.25) is 0 Å². The van der Waals surface area contributed by atoms with E-state index in [1.54, 1.807) is 0 Å². The van der Waals surface area contributed by atoms with E-state index in [4.69, 9.17) is 0 Å². The van der Waals surface area contributed by atoms with Crippen molar-refractivity contribution in [2.75, 3.05) is 26.2 Å². The average molecular weight is 355 g/mol. The Morgan fingerprint density at radius 1 is 1.24 bits per heavy atom. The number of aryl methyl sites for hydroxylation is 1. The van der Waals surface area contributed by atoms with Crippen molar-refractivity contribution < 1.29 is 5.11 Å². The molecular weight excluding hydrogens is 328 g/mol. The molecule has 0 aromatic heterocycles. The predicted octanol–water partition coefficient (Wildman–Crippen LogP) is 3.76. The quantitative estimate of drug-likeness (QED) is 0.848. The van der Waals surface area contributed by atoms with Crippen LogP contribution in [0.1, 0.15) is 43.5 Å². The number of halogens is 1. The van der Waals surface area contributed by atoms with Crippen molar-refractivity contribution in [1.29, 1.82) is 0 Å². The molecule has 1 aromatic rings. The number of phenolic OH excluding ortho intramolecular Hbond substituents is 1. The fourth-order valence-corrected chi connectivity index (χ4v) is 3.73. The molecule has 0 radical (unpaired) electrons. The topological polar surface area (TPSA) is 35.5 Å². The maximum Gasteiger partial charge on any atom is 0.120 e. The molecule has 3 nitrogen and oxygen atoms in total. The van der Waals surface area contributed by atoms with Gasteiger partial charge in [-0.15, -0.1) is 0 Å². The van der Waals surface area contributed by atoms with Crippen LogP contribution < -0.4 is 5.32 Å². The summed E-state index contributed by atoms with van der Waals surface area (Å²) in [7, 11) is 0. The first-order chi connectivity index (χ1) is 9.73. The SMILES string of the molecule is Cc1cc(O)c([C@@H](N2CCNCC2)C(C)(C)C)c(C)c1Br. The number of rotatable bonds is 2. The molecule has 2 rings (SSSR count). The monoisotopic (exact) mass is 354 g/mol. The third-order valence-electron chi connectivity index (χ3n) is 4.32. The van der Waals surface area contributed by atoms with E-state index in [9.17, 15) is 5.11 Å². The van der Waals surface area contributed by atoms with Crippen molar-refractivity contribution in [3.8, 4) is 5.75 Å². The highest BCUT2D eigenvalue weighted by Crippen LogP contribution is 2.45. The molecule has 0 spiro atoms. The average Bonchev–Trinajstić information content (AvgIpc) is 2.40. The van der Waals surface area contributed by atoms with E-state index in [2.05, 4.69) is 53.8 Å². The summed E-state index contributed by atoms with van der Waals surface area (Å²) in [5.41, 5.74) is 3.38. The number of nitrogens with one attached hydrogen (secondary N) is 1. The van der Waals surface area contributed by atoms with Gasteiger partial charge in [-0.1, -0.05) is 36.7 Å². The van der Waals surface area contributed by atoms with Crippen molar-refractivity contribution in [3.63, 3.8) is 0 Å². The summed E-state index contributed by atoms with van der Waals surface area (Å²) < 4.78 is 1.11. The number of phenols is 1. The highest BCUT2D eigenvalue weighted by Gasteiger charge is 2.35. The molecule has 1 saturated heterocycles. The molecule has 1 aliphatic rings. The molecule has 2 N–H and O–H groups in total. The molecule has 0 unspecified atom stereocenters. The Bertz CT molecular complexity index is 517. The van der Waals surface area contributed by atoms with Crippen LogP contribution in [0.25, 0.3) is 0 Å². The first-order valence-corrected chi connectivity index (χ1v) is 8.46. The number of benzene rings is 1. The summed E-state index contributed by atoms with van der Waals surface area (Å²) >= 11 is 3.68. The van der Waals surface area contributed by atoms with Gasteiger partial charge in [0.25, 0.3) is 0 Å². The molecule has 21 heavy (non-hydrogen) atoms. The van der Waals surface area contributed by atoms with Crippen molar-refractivity contribution in [2.45, 2.75) is 40.7 Å². The third-order valence-corrected chi connectivity index (χ3v) is 5.54. The number of aromatic hydroxyl groups is 1. The summed E-state index contributed by atoms with van der Waals surface area (Å²) in [4.78, 5) is 2.50. The molecule has 1 fully saturated rings. The molecule has 4 heteroatoms. The zero-order chi connectivity index (χ0) is 15.8.